The van der Waals surface area contributed by atoms with Crippen LogP contribution < -0.4 is 9.47 Å². The maximum Gasteiger partial charge on any atom is 0.358 e. The summed E-state index contributed by atoms with van der Waals surface area (Å²) in [6.45, 7) is 0. The van der Waals surface area contributed by atoms with Gasteiger partial charge in [-0.05, 0) is 37.8 Å². The number of carbonyl (C=O) groups is 1. The number of ether oxygens (including phenoxy) is 2. The van der Waals surface area contributed by atoms with Gasteiger partial charge in [0.25, 0.3) is 0 Å². The molecule has 0 unspecified atom stereocenters. The number of methoxy groups -OCH3 is 1. The lowest BCUT2D eigenvalue weighted by molar-refractivity contribution is 0.0676. The van der Waals surface area contributed by atoms with Crippen LogP contribution in [0.2, 0.25) is 0 Å². The van der Waals surface area contributed by atoms with Crippen LogP contribution in [0.1, 0.15) is 42.6 Å². The molecule has 1 fully saturated rings. The predicted molar refractivity (Wildman–Crippen MR) is 84.6 cm³/mol. The van der Waals surface area contributed by atoms with E-state index in [-0.39, 0.29) is 11.8 Å². The summed E-state index contributed by atoms with van der Waals surface area (Å²) in [7, 11) is 1.57. The highest BCUT2D eigenvalue weighted by molar-refractivity contribution is 5.89. The van der Waals surface area contributed by atoms with Crippen LogP contribution >= 0.6 is 0 Å². The normalized spacial score (nSPS) is 15.3. The van der Waals surface area contributed by atoms with Crippen LogP contribution in [0.3, 0.4) is 0 Å². The van der Waals surface area contributed by atoms with Gasteiger partial charge in [0.15, 0.2) is 11.4 Å². The van der Waals surface area contributed by atoms with Crippen molar-refractivity contribution < 1.29 is 19.4 Å². The van der Waals surface area contributed by atoms with Crippen molar-refractivity contribution in [1.82, 2.24) is 9.78 Å². The highest BCUT2D eigenvalue weighted by Gasteiger charge is 2.24. The maximum atomic E-state index is 11.7. The molecule has 3 rings (SSSR count). The molecule has 0 radical (unpaired) electrons. The molecule has 1 aromatic heterocycles. The molecule has 122 valence electrons. The summed E-state index contributed by atoms with van der Waals surface area (Å²) in [5.41, 5.74) is 0.670. The monoisotopic (exact) mass is 316 g/mol. The summed E-state index contributed by atoms with van der Waals surface area (Å²) in [5.74, 6) is -0.0903. The minimum atomic E-state index is -1.06. The third-order valence-corrected chi connectivity index (χ3v) is 4.08. The highest BCUT2D eigenvalue weighted by Crippen LogP contribution is 2.28. The lowest BCUT2D eigenvalue weighted by Gasteiger charge is -2.22. The van der Waals surface area contributed by atoms with Gasteiger partial charge >= 0.3 is 5.97 Å². The predicted octanol–water partition coefficient (Wildman–Crippen LogP) is 3.29. The standard InChI is InChI=1S/C17H20N2O4/c1-22-14-9-5-6-12(10-14)19-16(17(20)21)15(11-18-19)23-13-7-3-2-4-8-13/h5-6,9-11,13H,2-4,7-8H2,1H3,(H,20,21). The molecule has 1 aliphatic rings. The van der Waals surface area contributed by atoms with E-state index >= 15 is 0 Å². The number of rotatable bonds is 5. The van der Waals surface area contributed by atoms with Crippen molar-refractivity contribution in [1.29, 1.82) is 0 Å². The quantitative estimate of drug-likeness (QED) is 0.916. The lowest BCUT2D eigenvalue weighted by atomic mass is 9.98. The summed E-state index contributed by atoms with van der Waals surface area (Å²) in [5, 5.41) is 13.8. The Morgan fingerprint density at radius 1 is 1.30 bits per heavy atom. The van der Waals surface area contributed by atoms with Gasteiger partial charge in [0.05, 0.1) is 25.1 Å². The molecule has 1 aliphatic carbocycles. The van der Waals surface area contributed by atoms with E-state index in [2.05, 4.69) is 5.10 Å². The fourth-order valence-corrected chi connectivity index (χ4v) is 2.92. The summed E-state index contributed by atoms with van der Waals surface area (Å²) >= 11 is 0. The first-order chi connectivity index (χ1) is 11.2. The smallest absolute Gasteiger partial charge is 0.358 e. The van der Waals surface area contributed by atoms with Gasteiger partial charge in [-0.15, -0.1) is 0 Å². The first-order valence-corrected chi connectivity index (χ1v) is 7.81. The van der Waals surface area contributed by atoms with E-state index in [0.29, 0.717) is 17.2 Å². The molecular formula is C17H20N2O4. The zero-order chi connectivity index (χ0) is 16.2. The van der Waals surface area contributed by atoms with Crippen molar-refractivity contribution in [3.63, 3.8) is 0 Å². The van der Waals surface area contributed by atoms with Gasteiger partial charge in [0.2, 0.25) is 0 Å². The maximum absolute atomic E-state index is 11.7. The third kappa shape index (κ3) is 3.31. The number of hydrogen-bond donors (Lipinski definition) is 1. The van der Waals surface area contributed by atoms with Gasteiger partial charge < -0.3 is 14.6 Å². The second-order valence-corrected chi connectivity index (χ2v) is 5.65. The van der Waals surface area contributed by atoms with Crippen LogP contribution in [-0.4, -0.2) is 34.1 Å². The van der Waals surface area contributed by atoms with Gasteiger partial charge in [-0.1, -0.05) is 12.5 Å². The van der Waals surface area contributed by atoms with Crippen LogP contribution in [0.5, 0.6) is 11.5 Å². The Balaban J connectivity index is 1.93. The molecule has 1 aromatic carbocycles. The first-order valence-electron chi connectivity index (χ1n) is 7.81. The number of carboxylic acid groups (broad SMARTS) is 1. The molecule has 0 spiro atoms. The minimum Gasteiger partial charge on any atom is -0.497 e. The van der Waals surface area contributed by atoms with E-state index in [1.54, 1.807) is 31.4 Å². The van der Waals surface area contributed by atoms with E-state index in [1.165, 1.54) is 17.3 Å². The molecule has 23 heavy (non-hydrogen) atoms. The van der Waals surface area contributed by atoms with E-state index in [9.17, 15) is 9.90 Å². The van der Waals surface area contributed by atoms with Gasteiger partial charge in [-0.25, -0.2) is 9.48 Å². The number of hydrogen-bond acceptors (Lipinski definition) is 4. The first kappa shape index (κ1) is 15.4. The summed E-state index contributed by atoms with van der Waals surface area (Å²) in [6, 6.07) is 7.12. The Hall–Kier alpha value is -2.50. The van der Waals surface area contributed by atoms with Gasteiger partial charge in [-0.2, -0.15) is 5.10 Å². The molecule has 1 saturated carbocycles. The van der Waals surface area contributed by atoms with E-state index in [1.807, 2.05) is 0 Å². The zero-order valence-electron chi connectivity index (χ0n) is 13.1. The Labute approximate surface area is 134 Å². The van der Waals surface area contributed by atoms with Crippen molar-refractivity contribution in [2.45, 2.75) is 38.2 Å². The Morgan fingerprint density at radius 2 is 2.09 bits per heavy atom. The Bertz CT molecular complexity index is 690. The van der Waals surface area contributed by atoms with E-state index in [4.69, 9.17) is 9.47 Å². The van der Waals surface area contributed by atoms with E-state index in [0.717, 1.165) is 25.7 Å². The summed E-state index contributed by atoms with van der Waals surface area (Å²) in [6.07, 6.45) is 6.94. The third-order valence-electron chi connectivity index (χ3n) is 4.08. The molecule has 6 nitrogen and oxygen atoms in total. The van der Waals surface area contributed by atoms with E-state index < -0.39 is 5.97 Å². The number of benzene rings is 1. The molecule has 0 aliphatic heterocycles. The topological polar surface area (TPSA) is 73.6 Å². The fourth-order valence-electron chi connectivity index (χ4n) is 2.92. The average molecular weight is 316 g/mol. The van der Waals surface area contributed by atoms with Gasteiger partial charge in [0.1, 0.15) is 5.75 Å². The fraction of sp³-hybridized carbons (Fsp3) is 0.412. The Morgan fingerprint density at radius 3 is 2.78 bits per heavy atom. The molecule has 1 heterocycles. The van der Waals surface area contributed by atoms with Crippen LogP contribution in [0.4, 0.5) is 0 Å². The molecule has 0 amide bonds. The number of aromatic carboxylic acids is 1. The number of carboxylic acids is 1. The minimum absolute atomic E-state index is 0.0452. The molecule has 0 saturated heterocycles. The van der Waals surface area contributed by atoms with Crippen molar-refractivity contribution in [2.75, 3.05) is 7.11 Å². The van der Waals surface area contributed by atoms with Crippen LogP contribution in [-0.2, 0) is 0 Å². The zero-order valence-corrected chi connectivity index (χ0v) is 13.1. The molecule has 2 aromatic rings. The van der Waals surface area contributed by atoms with Crippen molar-refractivity contribution >= 4 is 5.97 Å². The number of nitrogens with zero attached hydrogens (tertiary/aromatic N) is 2. The lowest BCUT2D eigenvalue weighted by Crippen LogP contribution is -2.21. The molecule has 6 heteroatoms. The van der Waals surface area contributed by atoms with Crippen LogP contribution in [0.15, 0.2) is 30.5 Å². The molecule has 1 N–H and O–H groups in total. The van der Waals surface area contributed by atoms with Gasteiger partial charge in [-0.3, -0.25) is 0 Å². The largest absolute Gasteiger partial charge is 0.497 e. The van der Waals surface area contributed by atoms with Gasteiger partial charge in [0, 0.05) is 6.07 Å². The summed E-state index contributed by atoms with van der Waals surface area (Å²) < 4.78 is 12.5. The second-order valence-electron chi connectivity index (χ2n) is 5.65. The van der Waals surface area contributed by atoms with Crippen molar-refractivity contribution in [3.05, 3.63) is 36.2 Å². The van der Waals surface area contributed by atoms with Crippen molar-refractivity contribution in [2.24, 2.45) is 0 Å². The number of aromatic nitrogens is 2. The molecule has 0 atom stereocenters. The highest BCUT2D eigenvalue weighted by atomic mass is 16.5. The molecule has 0 bridgehead atoms. The summed E-state index contributed by atoms with van der Waals surface area (Å²) in [4.78, 5) is 11.7. The SMILES string of the molecule is COc1cccc(-n2ncc(OC3CCCCC3)c2C(=O)O)c1. The second kappa shape index (κ2) is 6.73. The van der Waals surface area contributed by atoms with Crippen molar-refractivity contribution in [3.8, 4) is 17.2 Å². The molecular weight excluding hydrogens is 296 g/mol. The average Bonchev–Trinajstić information content (AvgIpc) is 2.99. The Kier molecular flexibility index (Phi) is 4.50. The van der Waals surface area contributed by atoms with Crippen LogP contribution in [0.25, 0.3) is 5.69 Å². The van der Waals surface area contributed by atoms with Crippen LogP contribution in [0, 0.1) is 0 Å².